The van der Waals surface area contributed by atoms with Gasteiger partial charge in [-0.25, -0.2) is 0 Å². The number of unbranched alkanes of at least 4 members (excludes halogenated alkanes) is 1. The van der Waals surface area contributed by atoms with Crippen LogP contribution in [0, 0.1) is 0 Å². The second kappa shape index (κ2) is 5.07. The number of hydrogen-bond acceptors (Lipinski definition) is 3. The Balaban J connectivity index is 2.39. The van der Waals surface area contributed by atoms with Gasteiger partial charge in [-0.05, 0) is 18.6 Å². The van der Waals surface area contributed by atoms with Crippen molar-refractivity contribution >= 4 is 39.9 Å². The summed E-state index contributed by atoms with van der Waals surface area (Å²) in [7, 11) is 0. The summed E-state index contributed by atoms with van der Waals surface area (Å²) in [6.45, 7) is 2.10. The Morgan fingerprint density at radius 1 is 1.25 bits per heavy atom. The molecule has 5 nitrogen and oxygen atoms in total. The van der Waals surface area contributed by atoms with Crippen molar-refractivity contribution < 1.29 is 0 Å². The van der Waals surface area contributed by atoms with Crippen LogP contribution in [0.5, 0.6) is 0 Å². The highest BCUT2D eigenvalue weighted by Gasteiger charge is 2.13. The molecule has 3 rings (SSSR count). The average molecular weight is 311 g/mol. The number of fused-ring (bicyclic) bond motifs is 3. The van der Waals surface area contributed by atoms with Gasteiger partial charge in [0.2, 0.25) is 5.65 Å². The summed E-state index contributed by atoms with van der Waals surface area (Å²) in [5, 5.41) is 8.91. The van der Waals surface area contributed by atoms with Crippen LogP contribution in [0.15, 0.2) is 16.9 Å². The predicted molar refractivity (Wildman–Crippen MR) is 79.7 cm³/mol. The zero-order chi connectivity index (χ0) is 14.3. The van der Waals surface area contributed by atoms with Crippen molar-refractivity contribution in [2.75, 3.05) is 0 Å². The number of aromatic amines is 1. The van der Waals surface area contributed by atoms with Gasteiger partial charge in [0.05, 0.1) is 21.1 Å². The molecule has 2 aromatic heterocycles. The molecule has 0 spiro atoms. The van der Waals surface area contributed by atoms with E-state index in [1.165, 1.54) is 0 Å². The number of H-pyrrole nitrogens is 1. The largest absolute Gasteiger partial charge is 0.317 e. The van der Waals surface area contributed by atoms with Crippen LogP contribution in [0.3, 0.4) is 0 Å². The average Bonchev–Trinajstić information content (AvgIpc) is 2.84. The highest BCUT2D eigenvalue weighted by Crippen LogP contribution is 2.27. The lowest BCUT2D eigenvalue weighted by Gasteiger charge is -2.06. The molecule has 0 saturated carbocycles. The van der Waals surface area contributed by atoms with Gasteiger partial charge in [-0.1, -0.05) is 36.5 Å². The van der Waals surface area contributed by atoms with Crippen LogP contribution in [0.25, 0.3) is 16.7 Å². The molecule has 7 heteroatoms. The number of rotatable bonds is 3. The molecule has 3 aromatic rings. The molecule has 0 aliphatic carbocycles. The van der Waals surface area contributed by atoms with E-state index in [-0.39, 0.29) is 11.2 Å². The summed E-state index contributed by atoms with van der Waals surface area (Å²) in [5.74, 6) is 0.760. The highest BCUT2D eigenvalue weighted by molar-refractivity contribution is 6.42. The molecule has 104 valence electrons. The standard InChI is InChI=1S/C13H12Cl2N4O/c1-2-3-4-11-17-18-12-13(20)16-9-5-7(14)8(15)6-10(9)19(11)12/h5-6H,2-4H2,1H3,(H,16,20). The van der Waals surface area contributed by atoms with Crippen molar-refractivity contribution in [2.24, 2.45) is 0 Å². The molecule has 0 radical (unpaired) electrons. The van der Waals surface area contributed by atoms with Crippen LogP contribution in [0.2, 0.25) is 10.0 Å². The Morgan fingerprint density at radius 3 is 2.75 bits per heavy atom. The maximum Gasteiger partial charge on any atom is 0.294 e. The van der Waals surface area contributed by atoms with E-state index in [2.05, 4.69) is 22.1 Å². The van der Waals surface area contributed by atoms with Gasteiger partial charge in [0, 0.05) is 6.42 Å². The summed E-state index contributed by atoms with van der Waals surface area (Å²) < 4.78 is 1.76. The SMILES string of the molecule is CCCCc1nnc2c(=O)[nH]c3cc(Cl)c(Cl)cc3n12. The molecule has 1 aromatic carbocycles. The fourth-order valence-electron chi connectivity index (χ4n) is 2.21. The molecular formula is C13H12Cl2N4O. The summed E-state index contributed by atoms with van der Waals surface area (Å²) in [6, 6.07) is 3.37. The molecular weight excluding hydrogens is 299 g/mol. The minimum absolute atomic E-state index is 0.280. The molecule has 0 aliphatic rings. The maximum absolute atomic E-state index is 12.0. The van der Waals surface area contributed by atoms with Gasteiger partial charge < -0.3 is 4.98 Å². The van der Waals surface area contributed by atoms with Crippen molar-refractivity contribution in [2.45, 2.75) is 26.2 Å². The summed E-state index contributed by atoms with van der Waals surface area (Å²) in [6.07, 6.45) is 2.79. The second-order valence-electron chi connectivity index (χ2n) is 4.62. The van der Waals surface area contributed by atoms with E-state index in [1.807, 2.05) is 0 Å². The van der Waals surface area contributed by atoms with Crippen LogP contribution >= 0.6 is 23.2 Å². The molecule has 0 saturated heterocycles. The maximum atomic E-state index is 12.0. The quantitative estimate of drug-likeness (QED) is 0.808. The summed E-state index contributed by atoms with van der Waals surface area (Å²) >= 11 is 12.1. The smallest absolute Gasteiger partial charge is 0.294 e. The summed E-state index contributed by atoms with van der Waals surface area (Å²) in [4.78, 5) is 14.8. The van der Waals surface area contributed by atoms with E-state index in [4.69, 9.17) is 23.2 Å². The zero-order valence-electron chi connectivity index (χ0n) is 10.8. The molecule has 0 unspecified atom stereocenters. The first-order valence-electron chi connectivity index (χ1n) is 6.37. The van der Waals surface area contributed by atoms with E-state index in [0.29, 0.717) is 15.6 Å². The van der Waals surface area contributed by atoms with Crippen LogP contribution in [-0.2, 0) is 6.42 Å². The lowest BCUT2D eigenvalue weighted by atomic mass is 10.2. The first-order chi connectivity index (χ1) is 9.61. The Labute approximate surface area is 124 Å². The van der Waals surface area contributed by atoms with Gasteiger partial charge in [-0.3, -0.25) is 9.20 Å². The normalized spacial score (nSPS) is 11.6. The Hall–Kier alpha value is -1.59. The highest BCUT2D eigenvalue weighted by atomic mass is 35.5. The second-order valence-corrected chi connectivity index (χ2v) is 5.43. The van der Waals surface area contributed by atoms with E-state index in [9.17, 15) is 4.79 Å². The van der Waals surface area contributed by atoms with Gasteiger partial charge in [-0.15, -0.1) is 10.2 Å². The summed E-state index contributed by atoms with van der Waals surface area (Å²) in [5.41, 5.74) is 1.37. The minimum Gasteiger partial charge on any atom is -0.317 e. The Kier molecular flexibility index (Phi) is 3.40. The van der Waals surface area contributed by atoms with Crippen LogP contribution in [0.1, 0.15) is 25.6 Å². The topological polar surface area (TPSA) is 63.0 Å². The van der Waals surface area contributed by atoms with Crippen molar-refractivity contribution in [1.29, 1.82) is 0 Å². The van der Waals surface area contributed by atoms with E-state index in [0.717, 1.165) is 30.6 Å². The van der Waals surface area contributed by atoms with Gasteiger partial charge in [-0.2, -0.15) is 0 Å². The fourth-order valence-corrected chi connectivity index (χ4v) is 2.53. The van der Waals surface area contributed by atoms with Crippen LogP contribution in [-0.4, -0.2) is 19.6 Å². The van der Waals surface area contributed by atoms with Crippen molar-refractivity contribution in [3.63, 3.8) is 0 Å². The molecule has 20 heavy (non-hydrogen) atoms. The molecule has 0 amide bonds. The third-order valence-electron chi connectivity index (χ3n) is 3.21. The Morgan fingerprint density at radius 2 is 2.00 bits per heavy atom. The van der Waals surface area contributed by atoms with E-state index >= 15 is 0 Å². The predicted octanol–water partition coefficient (Wildman–Crippen LogP) is 3.22. The van der Waals surface area contributed by atoms with E-state index < -0.39 is 0 Å². The zero-order valence-corrected chi connectivity index (χ0v) is 12.3. The number of hydrogen-bond donors (Lipinski definition) is 1. The van der Waals surface area contributed by atoms with Gasteiger partial charge >= 0.3 is 0 Å². The number of nitrogens with one attached hydrogen (secondary N) is 1. The molecule has 2 heterocycles. The monoisotopic (exact) mass is 310 g/mol. The van der Waals surface area contributed by atoms with Gasteiger partial charge in [0.15, 0.2) is 0 Å². The number of aryl methyl sites for hydroxylation is 1. The fraction of sp³-hybridized carbons (Fsp3) is 0.308. The lowest BCUT2D eigenvalue weighted by Crippen LogP contribution is -2.12. The molecule has 0 fully saturated rings. The van der Waals surface area contributed by atoms with Crippen LogP contribution < -0.4 is 5.56 Å². The van der Waals surface area contributed by atoms with Gasteiger partial charge in [0.1, 0.15) is 5.82 Å². The first kappa shape index (κ1) is 13.4. The van der Waals surface area contributed by atoms with E-state index in [1.54, 1.807) is 16.5 Å². The molecule has 0 aliphatic heterocycles. The Bertz CT molecular complexity index is 853. The van der Waals surface area contributed by atoms with Crippen molar-refractivity contribution in [3.8, 4) is 0 Å². The molecule has 1 N–H and O–H groups in total. The van der Waals surface area contributed by atoms with Crippen LogP contribution in [0.4, 0.5) is 0 Å². The number of aromatic nitrogens is 4. The van der Waals surface area contributed by atoms with Crippen molar-refractivity contribution in [1.82, 2.24) is 19.6 Å². The lowest BCUT2D eigenvalue weighted by molar-refractivity contribution is 0.747. The molecule has 0 bridgehead atoms. The molecule has 0 atom stereocenters. The minimum atomic E-state index is -0.286. The number of halogens is 2. The number of nitrogens with zero attached hydrogens (tertiary/aromatic N) is 3. The van der Waals surface area contributed by atoms with Crippen molar-refractivity contribution in [3.05, 3.63) is 38.4 Å². The van der Waals surface area contributed by atoms with Gasteiger partial charge in [0.25, 0.3) is 5.56 Å². The third kappa shape index (κ3) is 2.07. The third-order valence-corrected chi connectivity index (χ3v) is 3.94. The first-order valence-corrected chi connectivity index (χ1v) is 7.12. The number of benzene rings is 1.